The molecule has 2 aromatic carbocycles. The second-order valence-electron chi connectivity index (χ2n) is 7.70. The number of anilines is 2. The lowest BCUT2D eigenvalue weighted by atomic mass is 10.2. The number of carbonyl (C=O) groups excluding carboxylic acids is 1. The van der Waals surface area contributed by atoms with Crippen molar-refractivity contribution < 1.29 is 31.1 Å². The number of hydrogen-bond donors (Lipinski definition) is 2. The molecule has 2 N–H and O–H groups in total. The summed E-state index contributed by atoms with van der Waals surface area (Å²) in [5, 5.41) is 2.69. The number of hydrogen-bond acceptors (Lipinski definition) is 5. The molecule has 0 aliphatic rings. The molecule has 0 aliphatic carbocycles. The molecule has 36 heavy (non-hydrogen) atoms. The second kappa shape index (κ2) is 9.54. The number of urea groups is 1. The van der Waals surface area contributed by atoms with Crippen molar-refractivity contribution in [1.29, 1.82) is 0 Å². The van der Waals surface area contributed by atoms with Crippen LogP contribution in [0.1, 0.15) is 22.5 Å². The van der Waals surface area contributed by atoms with Crippen molar-refractivity contribution in [3.05, 3.63) is 71.0 Å². The predicted octanol–water partition coefficient (Wildman–Crippen LogP) is 8.23. The van der Waals surface area contributed by atoms with Crippen molar-refractivity contribution in [2.24, 2.45) is 0 Å². The summed E-state index contributed by atoms with van der Waals surface area (Å²) >= 11 is 1.12. The van der Waals surface area contributed by atoms with E-state index in [2.05, 4.69) is 9.97 Å². The third kappa shape index (κ3) is 5.68. The van der Waals surface area contributed by atoms with Gasteiger partial charge in [0.05, 0.1) is 0 Å². The number of nitrogens with zero attached hydrogens (tertiary/aromatic N) is 2. The molecule has 2 amide bonds. The molecule has 0 fully saturated rings. The molecule has 4 aromatic rings. The van der Waals surface area contributed by atoms with Crippen molar-refractivity contribution in [2.75, 3.05) is 10.6 Å². The van der Waals surface area contributed by atoms with Gasteiger partial charge in [-0.25, -0.2) is 14.8 Å². The van der Waals surface area contributed by atoms with Gasteiger partial charge in [0.25, 0.3) is 0 Å². The van der Waals surface area contributed by atoms with Gasteiger partial charge in [0, 0.05) is 11.1 Å². The van der Waals surface area contributed by atoms with Gasteiger partial charge in [-0.2, -0.15) is 26.3 Å². The predicted molar refractivity (Wildman–Crippen MR) is 127 cm³/mol. The number of thiazole rings is 2. The summed E-state index contributed by atoms with van der Waals surface area (Å²) in [5.41, 5.74) is -0.126. The monoisotopic (exact) mass is 542 g/mol. The Balaban J connectivity index is 1.63. The average Bonchev–Trinajstić information content (AvgIpc) is 3.39. The Morgan fingerprint density at radius 1 is 0.667 bits per heavy atom. The van der Waals surface area contributed by atoms with E-state index in [0.717, 1.165) is 11.1 Å². The standard InChI is InChI=1S/C23H16F6N4OS2/c1-11-3-7-13(8-4-11)17-30-15(22(24,25)26)19(35-17)32-21(34)33-20-16(23(27,28)29)31-18(36-20)14-9-5-12(2)6-10-14/h3-10H,1-2H3,(H2,32,33,34). The van der Waals surface area contributed by atoms with E-state index in [1.54, 1.807) is 48.5 Å². The number of aromatic nitrogens is 2. The first-order valence-electron chi connectivity index (χ1n) is 10.2. The fourth-order valence-electron chi connectivity index (χ4n) is 3.07. The van der Waals surface area contributed by atoms with Gasteiger partial charge < -0.3 is 0 Å². The molecule has 2 aromatic heterocycles. The Hall–Kier alpha value is -3.45. The van der Waals surface area contributed by atoms with Gasteiger partial charge in [0.2, 0.25) is 0 Å². The van der Waals surface area contributed by atoms with Gasteiger partial charge in [0.15, 0.2) is 11.4 Å². The van der Waals surface area contributed by atoms with Crippen LogP contribution in [0.25, 0.3) is 21.1 Å². The smallest absolute Gasteiger partial charge is 0.297 e. The number of alkyl halides is 6. The number of rotatable bonds is 4. The molecule has 0 atom stereocenters. The molecule has 2 heterocycles. The van der Waals surface area contributed by atoms with Crippen molar-refractivity contribution in [3.63, 3.8) is 0 Å². The number of amides is 2. The summed E-state index contributed by atoms with van der Waals surface area (Å²) in [6.07, 6.45) is -9.80. The molecule has 13 heteroatoms. The fourth-order valence-corrected chi connectivity index (χ4v) is 5.04. The van der Waals surface area contributed by atoms with Crippen LogP contribution >= 0.6 is 22.7 Å². The normalized spacial score (nSPS) is 12.0. The number of carbonyl (C=O) groups is 1. The summed E-state index contributed by atoms with van der Waals surface area (Å²) in [5.74, 6) is 0. The number of nitrogens with one attached hydrogen (secondary N) is 2. The SMILES string of the molecule is Cc1ccc(-c2nc(C(F)(F)F)c(NC(=O)Nc3sc(-c4ccc(C)cc4)nc3C(F)(F)F)s2)cc1. The molecule has 188 valence electrons. The maximum atomic E-state index is 13.6. The number of benzene rings is 2. The van der Waals surface area contributed by atoms with Crippen LogP contribution < -0.4 is 10.6 Å². The van der Waals surface area contributed by atoms with E-state index in [9.17, 15) is 31.1 Å². The Kier molecular flexibility index (Phi) is 6.80. The minimum absolute atomic E-state index is 0.00643. The Morgan fingerprint density at radius 2 is 1.00 bits per heavy atom. The van der Waals surface area contributed by atoms with Gasteiger partial charge >= 0.3 is 18.4 Å². The summed E-state index contributed by atoms with van der Waals surface area (Å²) in [6, 6.07) is 11.8. The van der Waals surface area contributed by atoms with E-state index >= 15 is 0 Å². The first kappa shape index (κ1) is 25.6. The van der Waals surface area contributed by atoms with Crippen LogP contribution in [0.3, 0.4) is 0 Å². The molecule has 5 nitrogen and oxygen atoms in total. The molecule has 0 bridgehead atoms. The largest absolute Gasteiger partial charge is 0.436 e. The third-order valence-corrected chi connectivity index (χ3v) is 6.88. The third-order valence-electron chi connectivity index (χ3n) is 4.84. The number of aryl methyl sites for hydroxylation is 2. The lowest BCUT2D eigenvalue weighted by molar-refractivity contribution is -0.140. The average molecular weight is 543 g/mol. The zero-order valence-corrected chi connectivity index (χ0v) is 20.1. The van der Waals surface area contributed by atoms with Gasteiger partial charge in [0.1, 0.15) is 20.0 Å². The van der Waals surface area contributed by atoms with Crippen LogP contribution in [0.4, 0.5) is 41.1 Å². The Bertz CT molecular complexity index is 1280. The highest BCUT2D eigenvalue weighted by Gasteiger charge is 2.40. The fraction of sp³-hybridized carbons (Fsp3) is 0.174. The molecular weight excluding hydrogens is 526 g/mol. The maximum Gasteiger partial charge on any atom is 0.436 e. The minimum atomic E-state index is -4.90. The van der Waals surface area contributed by atoms with Crippen molar-refractivity contribution >= 4 is 38.7 Å². The summed E-state index contributed by atoms with van der Waals surface area (Å²) in [6.45, 7) is 3.62. The van der Waals surface area contributed by atoms with Crippen LogP contribution in [0.15, 0.2) is 48.5 Å². The van der Waals surface area contributed by atoms with Crippen LogP contribution in [-0.2, 0) is 12.4 Å². The van der Waals surface area contributed by atoms with E-state index in [0.29, 0.717) is 33.8 Å². The molecule has 0 unspecified atom stereocenters. The van der Waals surface area contributed by atoms with E-state index in [1.807, 2.05) is 24.5 Å². The van der Waals surface area contributed by atoms with Crippen LogP contribution in [0.5, 0.6) is 0 Å². The minimum Gasteiger partial charge on any atom is -0.297 e. The van der Waals surface area contributed by atoms with Gasteiger partial charge in [-0.15, -0.1) is 0 Å². The molecule has 4 rings (SSSR count). The quantitative estimate of drug-likeness (QED) is 0.255. The molecule has 0 radical (unpaired) electrons. The summed E-state index contributed by atoms with van der Waals surface area (Å²) in [4.78, 5) is 19.7. The van der Waals surface area contributed by atoms with Crippen molar-refractivity contribution in [1.82, 2.24) is 9.97 Å². The number of halogens is 6. The molecule has 0 aliphatic heterocycles. The van der Waals surface area contributed by atoms with E-state index in [1.165, 1.54) is 0 Å². The van der Waals surface area contributed by atoms with Crippen LogP contribution in [-0.4, -0.2) is 16.0 Å². The molecular formula is C23H16F6N4OS2. The summed E-state index contributed by atoms with van der Waals surface area (Å²) in [7, 11) is 0. The lowest BCUT2D eigenvalue weighted by Crippen LogP contribution is -2.22. The summed E-state index contributed by atoms with van der Waals surface area (Å²) < 4.78 is 81.4. The highest BCUT2D eigenvalue weighted by atomic mass is 32.1. The zero-order valence-electron chi connectivity index (χ0n) is 18.5. The Labute approximate surface area is 208 Å². The second-order valence-corrected chi connectivity index (χ2v) is 9.70. The lowest BCUT2D eigenvalue weighted by Gasteiger charge is -2.09. The van der Waals surface area contributed by atoms with E-state index in [-0.39, 0.29) is 10.0 Å². The molecule has 0 spiro atoms. The van der Waals surface area contributed by atoms with Crippen LogP contribution in [0.2, 0.25) is 0 Å². The van der Waals surface area contributed by atoms with Gasteiger partial charge in [-0.1, -0.05) is 82.3 Å². The first-order chi connectivity index (χ1) is 16.8. The highest BCUT2D eigenvalue weighted by molar-refractivity contribution is 7.20. The molecule has 0 saturated heterocycles. The van der Waals surface area contributed by atoms with Crippen LogP contribution in [0, 0.1) is 13.8 Å². The molecule has 0 saturated carbocycles. The maximum absolute atomic E-state index is 13.6. The van der Waals surface area contributed by atoms with Crippen molar-refractivity contribution in [2.45, 2.75) is 26.2 Å². The first-order valence-corrected chi connectivity index (χ1v) is 11.8. The van der Waals surface area contributed by atoms with E-state index in [4.69, 9.17) is 0 Å². The highest BCUT2D eigenvalue weighted by Crippen LogP contribution is 2.43. The topological polar surface area (TPSA) is 66.9 Å². The van der Waals surface area contributed by atoms with Gasteiger partial charge in [-0.05, 0) is 13.8 Å². The van der Waals surface area contributed by atoms with E-state index < -0.39 is 39.8 Å². The van der Waals surface area contributed by atoms with Crippen molar-refractivity contribution in [3.8, 4) is 21.1 Å². The zero-order chi connectivity index (χ0) is 26.3. The Morgan fingerprint density at radius 3 is 1.31 bits per heavy atom. The van der Waals surface area contributed by atoms with Gasteiger partial charge in [-0.3, -0.25) is 10.6 Å².